The molecule has 0 aromatic rings. The molecular weight excluding hydrogens is 321 g/mol. The number of aliphatic carboxylic acids is 3. The minimum Gasteiger partial charge on any atom is -0.481 e. The Morgan fingerprint density at radius 3 is 1.83 bits per heavy atom. The van der Waals surface area contributed by atoms with Gasteiger partial charge >= 0.3 is 23.9 Å². The van der Waals surface area contributed by atoms with Crippen LogP contribution >= 0.6 is 0 Å². The zero-order chi connectivity index (χ0) is 18.7. The molecule has 3 atom stereocenters. The van der Waals surface area contributed by atoms with Crippen LogP contribution in [0.15, 0.2) is 0 Å². The molecule has 0 saturated heterocycles. The van der Waals surface area contributed by atoms with Crippen molar-refractivity contribution >= 4 is 31.9 Å². The molecule has 0 heterocycles. The van der Waals surface area contributed by atoms with Gasteiger partial charge in [-0.3, -0.25) is 4.79 Å². The highest BCUT2D eigenvalue weighted by Crippen LogP contribution is 2.08. The minimum atomic E-state index is -1.42. The SMILES string of the molecule is [B]NCC(C)CC[C@H](NC(=O)N[C@@H](CCC(=O)O)C(=O)O)C(=O)O. The van der Waals surface area contributed by atoms with Gasteiger partial charge in [0.15, 0.2) is 7.98 Å². The summed E-state index contributed by atoms with van der Waals surface area (Å²) in [6, 6.07) is -3.60. The molecule has 0 fully saturated rings. The van der Waals surface area contributed by atoms with Crippen LogP contribution < -0.4 is 15.9 Å². The quantitative estimate of drug-likeness (QED) is 0.249. The number of urea groups is 1. The van der Waals surface area contributed by atoms with Gasteiger partial charge in [-0.15, -0.1) is 0 Å². The molecule has 0 aromatic heterocycles. The summed E-state index contributed by atoms with van der Waals surface area (Å²) in [5.74, 6) is -3.77. The Labute approximate surface area is 140 Å². The van der Waals surface area contributed by atoms with Gasteiger partial charge in [0.05, 0.1) is 0 Å². The smallest absolute Gasteiger partial charge is 0.326 e. The molecule has 134 valence electrons. The second-order valence-electron chi connectivity index (χ2n) is 5.42. The van der Waals surface area contributed by atoms with Crippen LogP contribution in [-0.2, 0) is 14.4 Å². The number of hydrogen-bond donors (Lipinski definition) is 6. The summed E-state index contributed by atoms with van der Waals surface area (Å²) < 4.78 is 0. The van der Waals surface area contributed by atoms with E-state index in [1.54, 1.807) is 0 Å². The van der Waals surface area contributed by atoms with Crippen LogP contribution in [0.4, 0.5) is 4.79 Å². The molecule has 11 heteroatoms. The van der Waals surface area contributed by atoms with Crippen LogP contribution in [-0.4, -0.2) is 65.9 Å². The first-order valence-corrected chi connectivity index (χ1v) is 7.35. The molecule has 0 aromatic carbocycles. The fourth-order valence-electron chi connectivity index (χ4n) is 1.90. The van der Waals surface area contributed by atoms with Crippen molar-refractivity contribution in [3.63, 3.8) is 0 Å². The zero-order valence-corrected chi connectivity index (χ0v) is 13.3. The highest BCUT2D eigenvalue weighted by atomic mass is 16.4. The molecule has 6 N–H and O–H groups in total. The standard InChI is InChI=1S/C13H22BN3O7/c1-7(6-15-14)2-3-8(11(20)21)16-13(24)17-9(12(22)23)4-5-10(18)19/h7-9,15H,2-6H2,1H3,(H,18,19)(H,20,21)(H,22,23)(H2,16,17,24)/t7?,8-,9-/m0/s1. The van der Waals surface area contributed by atoms with E-state index in [1.807, 2.05) is 6.92 Å². The molecule has 1 unspecified atom stereocenters. The molecule has 2 amide bonds. The van der Waals surface area contributed by atoms with Crippen molar-refractivity contribution in [2.24, 2.45) is 5.92 Å². The van der Waals surface area contributed by atoms with Gasteiger partial charge in [0, 0.05) is 6.42 Å². The summed E-state index contributed by atoms with van der Waals surface area (Å²) in [7, 11) is 5.17. The fraction of sp³-hybridized carbons (Fsp3) is 0.692. The van der Waals surface area contributed by atoms with E-state index in [4.69, 9.17) is 23.3 Å². The molecular formula is C13H22BN3O7. The molecule has 0 aliphatic rings. The van der Waals surface area contributed by atoms with Gasteiger partial charge in [-0.2, -0.15) is 0 Å². The molecule has 0 aliphatic heterocycles. The summed E-state index contributed by atoms with van der Waals surface area (Å²) in [5, 5.41) is 33.3. The summed E-state index contributed by atoms with van der Waals surface area (Å²) in [6.45, 7) is 2.33. The Kier molecular flexibility index (Phi) is 10.2. The minimum absolute atomic E-state index is 0.0871. The summed E-state index contributed by atoms with van der Waals surface area (Å²) in [4.78, 5) is 44.4. The van der Waals surface area contributed by atoms with Crippen LogP contribution in [0.25, 0.3) is 0 Å². The third kappa shape index (κ3) is 9.67. The molecule has 0 bridgehead atoms. The summed E-state index contributed by atoms with van der Waals surface area (Å²) in [5.41, 5.74) is 0. The maximum Gasteiger partial charge on any atom is 0.326 e. The van der Waals surface area contributed by atoms with Gasteiger partial charge in [0.2, 0.25) is 0 Å². The molecule has 0 rings (SSSR count). The van der Waals surface area contributed by atoms with Crippen LogP contribution in [0.5, 0.6) is 0 Å². The van der Waals surface area contributed by atoms with Crippen molar-refractivity contribution in [3.8, 4) is 0 Å². The molecule has 0 aliphatic carbocycles. The van der Waals surface area contributed by atoms with Gasteiger partial charge in [-0.25, -0.2) is 14.4 Å². The number of carbonyl (C=O) groups is 4. The van der Waals surface area contributed by atoms with E-state index >= 15 is 0 Å². The Morgan fingerprint density at radius 2 is 1.42 bits per heavy atom. The summed E-state index contributed by atoms with van der Waals surface area (Å²) >= 11 is 0. The van der Waals surface area contributed by atoms with Crippen LogP contribution in [0.1, 0.15) is 32.6 Å². The maximum absolute atomic E-state index is 11.8. The molecule has 24 heavy (non-hydrogen) atoms. The Hall–Kier alpha value is -2.30. The lowest BCUT2D eigenvalue weighted by molar-refractivity contribution is -0.140. The van der Waals surface area contributed by atoms with Crippen molar-refractivity contribution < 1.29 is 34.5 Å². The van der Waals surface area contributed by atoms with Crippen molar-refractivity contribution in [3.05, 3.63) is 0 Å². The second-order valence-corrected chi connectivity index (χ2v) is 5.42. The van der Waals surface area contributed by atoms with E-state index in [1.165, 1.54) is 0 Å². The predicted molar refractivity (Wildman–Crippen MR) is 83.5 cm³/mol. The average molecular weight is 343 g/mol. The van der Waals surface area contributed by atoms with Crippen LogP contribution in [0.3, 0.4) is 0 Å². The Bertz CT molecular complexity index is 461. The zero-order valence-electron chi connectivity index (χ0n) is 13.3. The fourth-order valence-corrected chi connectivity index (χ4v) is 1.90. The molecule has 2 radical (unpaired) electrons. The van der Waals surface area contributed by atoms with Gasteiger partial charge in [0.25, 0.3) is 0 Å². The van der Waals surface area contributed by atoms with Crippen molar-refractivity contribution in [2.45, 2.75) is 44.7 Å². The number of amides is 2. The van der Waals surface area contributed by atoms with Crippen LogP contribution in [0.2, 0.25) is 0 Å². The lowest BCUT2D eigenvalue weighted by Crippen LogP contribution is -2.51. The molecule has 10 nitrogen and oxygen atoms in total. The maximum atomic E-state index is 11.8. The molecule has 0 spiro atoms. The Morgan fingerprint density at radius 1 is 0.917 bits per heavy atom. The average Bonchev–Trinajstić information content (AvgIpc) is 2.47. The monoisotopic (exact) mass is 343 g/mol. The number of carboxylic acid groups (broad SMARTS) is 3. The second kappa shape index (κ2) is 11.3. The first-order chi connectivity index (χ1) is 11.2. The van der Waals surface area contributed by atoms with Gasteiger partial charge in [-0.05, 0) is 31.7 Å². The number of carboxylic acids is 3. The van der Waals surface area contributed by atoms with Gasteiger partial charge < -0.3 is 31.2 Å². The van der Waals surface area contributed by atoms with Crippen molar-refractivity contribution in [2.75, 3.05) is 6.54 Å². The number of rotatable bonds is 12. The molecule has 0 saturated carbocycles. The number of carbonyl (C=O) groups excluding carboxylic acids is 1. The Balaban J connectivity index is 4.55. The van der Waals surface area contributed by atoms with E-state index in [9.17, 15) is 19.2 Å². The normalized spacial score (nSPS) is 14.2. The first-order valence-electron chi connectivity index (χ1n) is 7.35. The highest BCUT2D eigenvalue weighted by Gasteiger charge is 2.25. The van der Waals surface area contributed by atoms with Crippen molar-refractivity contribution in [1.29, 1.82) is 0 Å². The van der Waals surface area contributed by atoms with E-state index in [0.29, 0.717) is 13.0 Å². The third-order valence-corrected chi connectivity index (χ3v) is 3.27. The van der Waals surface area contributed by atoms with Crippen molar-refractivity contribution in [1.82, 2.24) is 15.9 Å². The van der Waals surface area contributed by atoms with Gasteiger partial charge in [0.1, 0.15) is 12.1 Å². The predicted octanol–water partition coefficient (Wildman–Crippen LogP) is -0.854. The lowest BCUT2D eigenvalue weighted by atomic mass is 10.0. The van der Waals surface area contributed by atoms with Gasteiger partial charge in [-0.1, -0.05) is 6.92 Å². The first kappa shape index (κ1) is 21.7. The van der Waals surface area contributed by atoms with Crippen LogP contribution in [0, 0.1) is 5.92 Å². The largest absolute Gasteiger partial charge is 0.481 e. The summed E-state index contributed by atoms with van der Waals surface area (Å²) in [6.07, 6.45) is -0.139. The number of hydrogen-bond acceptors (Lipinski definition) is 5. The topological polar surface area (TPSA) is 165 Å². The highest BCUT2D eigenvalue weighted by molar-refractivity contribution is 6.04. The lowest BCUT2D eigenvalue weighted by Gasteiger charge is -2.19. The van der Waals surface area contributed by atoms with E-state index in [0.717, 1.165) is 0 Å². The van der Waals surface area contributed by atoms with E-state index in [2.05, 4.69) is 15.9 Å². The van der Waals surface area contributed by atoms with E-state index < -0.39 is 42.4 Å². The van der Waals surface area contributed by atoms with E-state index in [-0.39, 0.29) is 18.8 Å². The third-order valence-electron chi connectivity index (χ3n) is 3.27. The number of nitrogens with one attached hydrogen (secondary N) is 3.